The minimum Gasteiger partial charge on any atom is -0.496 e. The Bertz CT molecular complexity index is 774. The maximum absolute atomic E-state index is 6.08. The number of hydrogen-bond donors (Lipinski definition) is 1. The highest BCUT2D eigenvalue weighted by atomic mass is 35.5. The summed E-state index contributed by atoms with van der Waals surface area (Å²) in [7, 11) is 1.65. The molecule has 0 aromatic heterocycles. The monoisotopic (exact) mass is 350 g/mol. The molecule has 1 N–H and O–H groups in total. The first-order chi connectivity index (χ1) is 10.7. The van der Waals surface area contributed by atoms with Crippen LogP contribution in [0, 0.1) is 0 Å². The molecule has 0 amide bonds. The Morgan fingerprint density at radius 1 is 1.09 bits per heavy atom. The van der Waals surface area contributed by atoms with Gasteiger partial charge in [0.05, 0.1) is 22.9 Å². The highest BCUT2D eigenvalue weighted by Gasteiger charge is 2.14. The van der Waals surface area contributed by atoms with Gasteiger partial charge in [0.1, 0.15) is 11.6 Å². The normalized spacial score (nSPS) is 14.0. The van der Waals surface area contributed by atoms with Gasteiger partial charge < -0.3 is 9.46 Å². The zero-order chi connectivity index (χ0) is 15.5. The Hall–Kier alpha value is -1.62. The minimum absolute atomic E-state index is 0.502. The molecule has 2 aromatic rings. The lowest BCUT2D eigenvalue weighted by Crippen LogP contribution is -2.19. The van der Waals surface area contributed by atoms with Crippen molar-refractivity contribution in [3.63, 3.8) is 0 Å². The van der Waals surface area contributed by atoms with Gasteiger partial charge >= 0.3 is 0 Å². The van der Waals surface area contributed by atoms with E-state index in [1.165, 1.54) is 11.9 Å². The lowest BCUT2D eigenvalue weighted by molar-refractivity contribution is 0.413. The molecule has 0 saturated carbocycles. The fraction of sp³-hybridized carbons (Fsp3) is 0.0625. The topological polar surface area (TPSA) is 33.6 Å². The standard InChI is InChI=1S/C16H12Cl2N2OS/c1-21-15-5-3-2-4-11(15)14-9-22-20-16(19-14)10-6-7-12(17)13(18)8-10/h2-9H,1H3,(H,19,20). The van der Waals surface area contributed by atoms with Crippen LogP contribution in [0.15, 0.2) is 52.9 Å². The molecule has 1 aliphatic heterocycles. The van der Waals surface area contributed by atoms with Gasteiger partial charge in [0.15, 0.2) is 0 Å². The molecule has 1 aliphatic rings. The number of nitrogens with one attached hydrogen (secondary N) is 1. The van der Waals surface area contributed by atoms with Gasteiger partial charge in [-0.3, -0.25) is 0 Å². The van der Waals surface area contributed by atoms with Gasteiger partial charge in [-0.25, -0.2) is 4.99 Å². The number of aliphatic imine (C=N–C) groups is 1. The van der Waals surface area contributed by atoms with E-state index < -0.39 is 0 Å². The molecule has 0 bridgehead atoms. The largest absolute Gasteiger partial charge is 0.496 e. The summed E-state index contributed by atoms with van der Waals surface area (Å²) in [6.45, 7) is 0. The maximum Gasteiger partial charge on any atom is 0.144 e. The third kappa shape index (κ3) is 3.09. The molecular weight excluding hydrogens is 339 g/mol. The number of halogens is 2. The predicted molar refractivity (Wildman–Crippen MR) is 94.7 cm³/mol. The van der Waals surface area contributed by atoms with Crippen LogP contribution < -0.4 is 9.46 Å². The fourth-order valence-electron chi connectivity index (χ4n) is 2.06. The molecule has 1 heterocycles. The summed E-state index contributed by atoms with van der Waals surface area (Å²) in [5.74, 6) is 1.51. The molecule has 0 saturated heterocycles. The molecule has 6 heteroatoms. The Morgan fingerprint density at radius 3 is 2.68 bits per heavy atom. The van der Waals surface area contributed by atoms with Crippen molar-refractivity contribution < 1.29 is 4.74 Å². The van der Waals surface area contributed by atoms with E-state index >= 15 is 0 Å². The van der Waals surface area contributed by atoms with Crippen LogP contribution in [0.4, 0.5) is 0 Å². The van der Waals surface area contributed by atoms with E-state index in [2.05, 4.69) is 9.71 Å². The van der Waals surface area contributed by atoms with Gasteiger partial charge in [-0.1, -0.05) is 35.3 Å². The van der Waals surface area contributed by atoms with Crippen molar-refractivity contribution >= 4 is 46.7 Å². The van der Waals surface area contributed by atoms with Gasteiger partial charge in [0.25, 0.3) is 0 Å². The first kappa shape index (κ1) is 15.3. The van der Waals surface area contributed by atoms with Gasteiger partial charge in [-0.05, 0) is 42.3 Å². The molecule has 0 spiro atoms. The Kier molecular flexibility index (Phi) is 4.62. The van der Waals surface area contributed by atoms with E-state index in [1.807, 2.05) is 35.7 Å². The Balaban J connectivity index is 1.99. The number of rotatable bonds is 3. The number of benzene rings is 2. The molecule has 0 atom stereocenters. The predicted octanol–water partition coefficient (Wildman–Crippen LogP) is 5.00. The number of methoxy groups -OCH3 is 1. The maximum atomic E-state index is 6.08. The van der Waals surface area contributed by atoms with Crippen molar-refractivity contribution in [2.75, 3.05) is 7.11 Å². The lowest BCUT2D eigenvalue weighted by atomic mass is 10.1. The summed E-state index contributed by atoms with van der Waals surface area (Å²) in [6.07, 6.45) is 0. The van der Waals surface area contributed by atoms with Crippen LogP contribution in [0.5, 0.6) is 5.75 Å². The summed E-state index contributed by atoms with van der Waals surface area (Å²) >= 11 is 13.5. The van der Waals surface area contributed by atoms with Crippen LogP contribution in [-0.4, -0.2) is 12.9 Å². The van der Waals surface area contributed by atoms with E-state index in [9.17, 15) is 0 Å². The average molecular weight is 351 g/mol. The summed E-state index contributed by atoms with van der Waals surface area (Å²) in [5.41, 5.74) is 2.65. The van der Waals surface area contributed by atoms with E-state index in [4.69, 9.17) is 27.9 Å². The molecule has 2 aromatic carbocycles. The molecule has 3 rings (SSSR count). The first-order valence-electron chi connectivity index (χ1n) is 6.48. The van der Waals surface area contributed by atoms with Crippen molar-refractivity contribution in [3.8, 4) is 5.75 Å². The molecule has 112 valence electrons. The average Bonchev–Trinajstić information content (AvgIpc) is 2.57. The second-order valence-corrected chi connectivity index (χ2v) is 6.00. The van der Waals surface area contributed by atoms with Crippen LogP contribution in [0.25, 0.3) is 5.70 Å². The van der Waals surface area contributed by atoms with Crippen LogP contribution in [0.2, 0.25) is 10.0 Å². The highest BCUT2D eigenvalue weighted by molar-refractivity contribution is 8.01. The van der Waals surface area contributed by atoms with Crippen molar-refractivity contribution in [3.05, 3.63) is 69.0 Å². The molecule has 0 fully saturated rings. The van der Waals surface area contributed by atoms with Crippen LogP contribution in [0.3, 0.4) is 0 Å². The lowest BCUT2D eigenvalue weighted by Gasteiger charge is -2.16. The number of ether oxygens (including phenoxy) is 1. The zero-order valence-electron chi connectivity index (χ0n) is 11.6. The van der Waals surface area contributed by atoms with E-state index in [-0.39, 0.29) is 0 Å². The summed E-state index contributed by atoms with van der Waals surface area (Å²) in [6, 6.07) is 13.2. The van der Waals surface area contributed by atoms with E-state index in [0.29, 0.717) is 10.0 Å². The van der Waals surface area contributed by atoms with E-state index in [1.54, 1.807) is 19.2 Å². The highest BCUT2D eigenvalue weighted by Crippen LogP contribution is 2.31. The van der Waals surface area contributed by atoms with Crippen molar-refractivity contribution in [1.82, 2.24) is 4.72 Å². The molecule has 0 radical (unpaired) electrons. The third-order valence-electron chi connectivity index (χ3n) is 3.13. The van der Waals surface area contributed by atoms with Crippen molar-refractivity contribution in [2.45, 2.75) is 0 Å². The summed E-state index contributed by atoms with van der Waals surface area (Å²) in [4.78, 5) is 4.67. The molecule has 0 aliphatic carbocycles. The summed E-state index contributed by atoms with van der Waals surface area (Å²) in [5, 5.41) is 2.97. The quantitative estimate of drug-likeness (QED) is 0.790. The first-order valence-corrected chi connectivity index (χ1v) is 8.12. The zero-order valence-corrected chi connectivity index (χ0v) is 14.0. The number of hydrogen-bond acceptors (Lipinski definition) is 4. The number of para-hydroxylation sites is 1. The van der Waals surface area contributed by atoms with Crippen LogP contribution in [0.1, 0.15) is 11.1 Å². The molecule has 3 nitrogen and oxygen atoms in total. The molecule has 0 unspecified atom stereocenters. The fourth-order valence-corrected chi connectivity index (χ4v) is 2.98. The minimum atomic E-state index is 0.502. The number of nitrogens with zero attached hydrogens (tertiary/aromatic N) is 1. The second-order valence-electron chi connectivity index (χ2n) is 4.51. The van der Waals surface area contributed by atoms with Crippen molar-refractivity contribution in [1.29, 1.82) is 0 Å². The third-order valence-corrected chi connectivity index (χ3v) is 4.53. The van der Waals surface area contributed by atoms with Crippen molar-refractivity contribution in [2.24, 2.45) is 4.99 Å². The van der Waals surface area contributed by atoms with Gasteiger partial charge in [-0.2, -0.15) is 0 Å². The van der Waals surface area contributed by atoms with Gasteiger partial charge in [0.2, 0.25) is 0 Å². The smallest absolute Gasteiger partial charge is 0.144 e. The van der Waals surface area contributed by atoms with Gasteiger partial charge in [-0.15, -0.1) is 0 Å². The second kappa shape index (κ2) is 6.65. The number of amidine groups is 1. The SMILES string of the molecule is COc1ccccc1C1=CSNC(c2ccc(Cl)c(Cl)c2)=N1. The summed E-state index contributed by atoms with van der Waals surface area (Å²) < 4.78 is 8.56. The van der Waals surface area contributed by atoms with Crippen LogP contribution >= 0.6 is 35.1 Å². The Labute approximate surface area is 143 Å². The van der Waals surface area contributed by atoms with Crippen LogP contribution in [-0.2, 0) is 0 Å². The van der Waals surface area contributed by atoms with E-state index in [0.717, 1.165) is 28.4 Å². The molecular formula is C16H12Cl2N2OS. The molecule has 22 heavy (non-hydrogen) atoms. The van der Waals surface area contributed by atoms with Gasteiger partial charge in [0, 0.05) is 16.5 Å². The Morgan fingerprint density at radius 2 is 1.91 bits per heavy atom.